The van der Waals surface area contributed by atoms with Crippen LogP contribution in [0, 0.1) is 0 Å². The van der Waals surface area contributed by atoms with E-state index in [9.17, 15) is 4.79 Å². The van der Waals surface area contributed by atoms with Gasteiger partial charge in [-0.25, -0.2) is 0 Å². The molecule has 0 amide bonds. The maximum absolute atomic E-state index is 11.0. The van der Waals surface area contributed by atoms with Gasteiger partial charge in [-0.1, -0.05) is 11.6 Å². The highest BCUT2D eigenvalue weighted by Crippen LogP contribution is 2.43. The van der Waals surface area contributed by atoms with E-state index < -0.39 is 5.24 Å². The number of methoxy groups -OCH3 is 2. The van der Waals surface area contributed by atoms with Gasteiger partial charge in [-0.3, -0.25) is 4.79 Å². The summed E-state index contributed by atoms with van der Waals surface area (Å²) in [5.74, 6) is 0.696. The molecule has 15 heavy (non-hydrogen) atoms. The highest BCUT2D eigenvalue weighted by molar-refractivity contribution is 9.10. The predicted octanol–water partition coefficient (Wildman–Crippen LogP) is 3.50. The van der Waals surface area contributed by atoms with Crippen LogP contribution >= 0.6 is 39.1 Å². The van der Waals surface area contributed by atoms with E-state index in [0.717, 1.165) is 0 Å². The summed E-state index contributed by atoms with van der Waals surface area (Å²) >= 11 is 14.5. The van der Waals surface area contributed by atoms with Gasteiger partial charge in [0.2, 0.25) is 0 Å². The quantitative estimate of drug-likeness (QED) is 0.801. The molecular weight excluding hydrogens is 307 g/mol. The van der Waals surface area contributed by atoms with Crippen LogP contribution in [-0.4, -0.2) is 19.5 Å². The van der Waals surface area contributed by atoms with Crippen LogP contribution < -0.4 is 9.47 Å². The van der Waals surface area contributed by atoms with Crippen molar-refractivity contribution < 1.29 is 14.3 Å². The van der Waals surface area contributed by atoms with Crippen molar-refractivity contribution in [1.82, 2.24) is 0 Å². The third-order valence-electron chi connectivity index (χ3n) is 1.75. The van der Waals surface area contributed by atoms with E-state index >= 15 is 0 Å². The third kappa shape index (κ3) is 2.38. The average Bonchev–Trinajstić information content (AvgIpc) is 2.19. The van der Waals surface area contributed by atoms with Crippen LogP contribution in [0.15, 0.2) is 10.5 Å². The van der Waals surface area contributed by atoms with Crippen molar-refractivity contribution in [2.75, 3.05) is 14.2 Å². The van der Waals surface area contributed by atoms with Crippen LogP contribution in [0.25, 0.3) is 0 Å². The molecule has 0 bridgehead atoms. The molecule has 0 saturated heterocycles. The third-order valence-corrected chi connectivity index (χ3v) is 2.92. The molecule has 0 saturated carbocycles. The molecular formula is C9H7BrCl2O3. The van der Waals surface area contributed by atoms with E-state index in [1.165, 1.54) is 20.3 Å². The van der Waals surface area contributed by atoms with E-state index in [1.807, 2.05) is 0 Å². The molecule has 0 aromatic heterocycles. The van der Waals surface area contributed by atoms with E-state index in [1.54, 1.807) is 0 Å². The van der Waals surface area contributed by atoms with Crippen molar-refractivity contribution in [2.45, 2.75) is 0 Å². The number of carbonyl (C=O) groups excluding carboxylic acids is 1. The molecule has 0 heterocycles. The first kappa shape index (κ1) is 12.6. The fourth-order valence-electron chi connectivity index (χ4n) is 1.10. The Morgan fingerprint density at radius 1 is 1.33 bits per heavy atom. The second kappa shape index (κ2) is 5.05. The zero-order valence-corrected chi connectivity index (χ0v) is 11.0. The maximum Gasteiger partial charge on any atom is 0.254 e. The molecule has 0 fully saturated rings. The van der Waals surface area contributed by atoms with Crippen LogP contribution in [0.3, 0.4) is 0 Å². The smallest absolute Gasteiger partial charge is 0.254 e. The Hall–Kier alpha value is -0.450. The molecule has 1 aromatic rings. The minimum absolute atomic E-state index is 0.137. The van der Waals surface area contributed by atoms with Crippen LogP contribution in [-0.2, 0) is 0 Å². The molecule has 6 heteroatoms. The van der Waals surface area contributed by atoms with Gasteiger partial charge in [0.1, 0.15) is 0 Å². The summed E-state index contributed by atoms with van der Waals surface area (Å²) in [5.41, 5.74) is 0.169. The first-order valence-electron chi connectivity index (χ1n) is 3.82. The number of ether oxygens (including phenoxy) is 2. The Labute approximate surface area is 105 Å². The molecule has 0 atom stereocenters. The molecule has 3 nitrogen and oxygen atoms in total. The highest BCUT2D eigenvalue weighted by atomic mass is 79.9. The van der Waals surface area contributed by atoms with Gasteiger partial charge in [-0.15, -0.1) is 0 Å². The number of halogens is 3. The lowest BCUT2D eigenvalue weighted by Crippen LogP contribution is -1.98. The average molecular weight is 314 g/mol. The van der Waals surface area contributed by atoms with Crippen molar-refractivity contribution in [3.05, 3.63) is 21.1 Å². The number of hydrogen-bond acceptors (Lipinski definition) is 3. The fraction of sp³-hybridized carbons (Fsp3) is 0.222. The standard InChI is InChI=1S/C9H7BrCl2O3/c1-14-7-5(10)3-4(9(12)13)6(11)8(7)15-2/h3H,1-2H3. The number of hydrogen-bond donors (Lipinski definition) is 0. The molecule has 0 aliphatic carbocycles. The Bertz CT molecular complexity index is 407. The van der Waals surface area contributed by atoms with Crippen LogP contribution in [0.1, 0.15) is 10.4 Å². The van der Waals surface area contributed by atoms with Gasteiger partial charge in [0.05, 0.1) is 29.3 Å². The lowest BCUT2D eigenvalue weighted by Gasteiger charge is -2.12. The fourth-order valence-corrected chi connectivity index (χ4v) is 2.17. The van der Waals surface area contributed by atoms with Crippen molar-refractivity contribution >= 4 is 44.4 Å². The second-order valence-electron chi connectivity index (χ2n) is 2.56. The Balaban J connectivity index is 3.51. The molecule has 0 spiro atoms. The predicted molar refractivity (Wildman–Crippen MR) is 62.4 cm³/mol. The van der Waals surface area contributed by atoms with E-state index in [-0.39, 0.29) is 16.3 Å². The molecule has 1 aromatic carbocycles. The largest absolute Gasteiger partial charge is 0.492 e. The van der Waals surface area contributed by atoms with Gasteiger partial charge in [-0.05, 0) is 33.6 Å². The summed E-state index contributed by atoms with van der Waals surface area (Å²) in [7, 11) is 2.90. The number of rotatable bonds is 3. The van der Waals surface area contributed by atoms with E-state index in [0.29, 0.717) is 10.2 Å². The molecule has 0 aliphatic heterocycles. The van der Waals surface area contributed by atoms with Crippen LogP contribution in [0.5, 0.6) is 11.5 Å². The van der Waals surface area contributed by atoms with Crippen molar-refractivity contribution in [1.29, 1.82) is 0 Å². The highest BCUT2D eigenvalue weighted by Gasteiger charge is 2.20. The zero-order chi connectivity index (χ0) is 11.6. The SMILES string of the molecule is COc1c(Br)cc(C(=O)Cl)c(Cl)c1OC. The minimum Gasteiger partial charge on any atom is -0.492 e. The summed E-state index contributed by atoms with van der Waals surface area (Å²) in [6.07, 6.45) is 0. The van der Waals surface area contributed by atoms with Crippen molar-refractivity contribution in [3.8, 4) is 11.5 Å². The van der Waals surface area contributed by atoms with Gasteiger partial charge in [0, 0.05) is 0 Å². The summed E-state index contributed by atoms with van der Waals surface area (Å²) < 4.78 is 10.7. The lowest BCUT2D eigenvalue weighted by atomic mass is 10.2. The van der Waals surface area contributed by atoms with Crippen molar-refractivity contribution in [3.63, 3.8) is 0 Å². The summed E-state index contributed by atoms with van der Waals surface area (Å²) in [6.45, 7) is 0. The zero-order valence-electron chi connectivity index (χ0n) is 7.94. The second-order valence-corrected chi connectivity index (χ2v) is 4.14. The molecule has 0 aliphatic rings. The van der Waals surface area contributed by atoms with Gasteiger partial charge in [0.25, 0.3) is 5.24 Å². The Morgan fingerprint density at radius 2 is 1.87 bits per heavy atom. The van der Waals surface area contributed by atoms with Crippen LogP contribution in [0.2, 0.25) is 5.02 Å². The Kier molecular flexibility index (Phi) is 4.25. The van der Waals surface area contributed by atoms with Gasteiger partial charge >= 0.3 is 0 Å². The molecule has 0 unspecified atom stereocenters. The van der Waals surface area contributed by atoms with Crippen molar-refractivity contribution in [2.24, 2.45) is 0 Å². The number of benzene rings is 1. The normalized spacial score (nSPS) is 9.93. The Morgan fingerprint density at radius 3 is 2.27 bits per heavy atom. The van der Waals surface area contributed by atoms with Crippen LogP contribution in [0.4, 0.5) is 0 Å². The van der Waals surface area contributed by atoms with Gasteiger partial charge in [0.15, 0.2) is 11.5 Å². The molecule has 0 radical (unpaired) electrons. The summed E-state index contributed by atoms with van der Waals surface area (Å²) in [5, 5.41) is -0.515. The molecule has 82 valence electrons. The monoisotopic (exact) mass is 312 g/mol. The first-order valence-corrected chi connectivity index (χ1v) is 5.37. The van der Waals surface area contributed by atoms with E-state index in [2.05, 4.69) is 15.9 Å². The van der Waals surface area contributed by atoms with Gasteiger partial charge in [-0.2, -0.15) is 0 Å². The molecule has 1 rings (SSSR count). The summed E-state index contributed by atoms with van der Waals surface area (Å²) in [4.78, 5) is 11.0. The van der Waals surface area contributed by atoms with Gasteiger partial charge < -0.3 is 9.47 Å². The summed E-state index contributed by atoms with van der Waals surface area (Å²) in [6, 6.07) is 1.49. The maximum atomic E-state index is 11.0. The minimum atomic E-state index is -0.651. The first-order chi connectivity index (χ1) is 7.02. The van der Waals surface area contributed by atoms with E-state index in [4.69, 9.17) is 32.7 Å². The lowest BCUT2D eigenvalue weighted by molar-refractivity contribution is 0.108. The number of carbonyl (C=O) groups is 1. The topological polar surface area (TPSA) is 35.5 Å². The molecule has 0 N–H and O–H groups in total.